The average Bonchev–Trinajstić information content (AvgIpc) is 2.65. The first-order valence-corrected chi connectivity index (χ1v) is 4.37. The molecular formula is C11H9NO2. The molecule has 70 valence electrons. The van der Waals surface area contributed by atoms with Crippen molar-refractivity contribution in [3.63, 3.8) is 0 Å². The summed E-state index contributed by atoms with van der Waals surface area (Å²) in [5.41, 5.74) is 0.805. The number of fused-ring (bicyclic) bond motifs is 1. The first kappa shape index (κ1) is 8.64. The number of hydrogen-bond acceptors (Lipinski definition) is 3. The fourth-order valence-electron chi connectivity index (χ4n) is 1.24. The van der Waals surface area contributed by atoms with Crippen LogP contribution in [0.1, 0.15) is 6.42 Å². The van der Waals surface area contributed by atoms with Crippen LogP contribution in [0.25, 0.3) is 11.0 Å². The fourth-order valence-corrected chi connectivity index (χ4v) is 1.24. The van der Waals surface area contributed by atoms with E-state index in [1.54, 1.807) is 6.26 Å². The zero-order chi connectivity index (χ0) is 9.80. The van der Waals surface area contributed by atoms with Crippen molar-refractivity contribution in [3.8, 4) is 11.8 Å². The van der Waals surface area contributed by atoms with Gasteiger partial charge in [-0.3, -0.25) is 0 Å². The Bertz CT molecular complexity index is 467. The molecule has 0 unspecified atom stereocenters. The highest BCUT2D eigenvalue weighted by molar-refractivity contribution is 5.78. The van der Waals surface area contributed by atoms with E-state index in [9.17, 15) is 0 Å². The Morgan fingerprint density at radius 1 is 1.36 bits per heavy atom. The lowest BCUT2D eigenvalue weighted by atomic mass is 10.2. The third-order valence-electron chi connectivity index (χ3n) is 1.91. The summed E-state index contributed by atoms with van der Waals surface area (Å²) in [6, 6.07) is 9.55. The Morgan fingerprint density at radius 3 is 3.14 bits per heavy atom. The number of benzene rings is 1. The topological polar surface area (TPSA) is 46.2 Å². The molecule has 0 N–H and O–H groups in total. The van der Waals surface area contributed by atoms with E-state index >= 15 is 0 Å². The van der Waals surface area contributed by atoms with E-state index in [-0.39, 0.29) is 0 Å². The van der Waals surface area contributed by atoms with Crippen molar-refractivity contribution >= 4 is 11.0 Å². The van der Waals surface area contributed by atoms with E-state index in [2.05, 4.69) is 0 Å². The van der Waals surface area contributed by atoms with Gasteiger partial charge in [0.2, 0.25) is 0 Å². The van der Waals surface area contributed by atoms with Gasteiger partial charge in [0.05, 0.1) is 18.8 Å². The van der Waals surface area contributed by atoms with Crippen molar-refractivity contribution in [1.29, 1.82) is 5.26 Å². The lowest BCUT2D eigenvalue weighted by Crippen LogP contribution is -1.94. The van der Waals surface area contributed by atoms with Gasteiger partial charge in [-0.1, -0.05) is 0 Å². The highest BCUT2D eigenvalue weighted by Crippen LogP contribution is 2.21. The predicted molar refractivity (Wildman–Crippen MR) is 51.9 cm³/mol. The van der Waals surface area contributed by atoms with Crippen LogP contribution in [0.5, 0.6) is 5.75 Å². The van der Waals surface area contributed by atoms with E-state index in [1.165, 1.54) is 0 Å². The van der Waals surface area contributed by atoms with E-state index < -0.39 is 0 Å². The van der Waals surface area contributed by atoms with Gasteiger partial charge in [0, 0.05) is 11.5 Å². The largest absolute Gasteiger partial charge is 0.492 e. The Labute approximate surface area is 81.5 Å². The lowest BCUT2D eigenvalue weighted by Gasteiger charge is -2.02. The number of furan rings is 1. The van der Waals surface area contributed by atoms with Crippen LogP contribution >= 0.6 is 0 Å². The zero-order valence-corrected chi connectivity index (χ0v) is 7.56. The standard InChI is InChI=1S/C11H9NO2/c12-5-1-6-13-10-3-2-9-4-7-14-11(9)8-10/h2-4,7-8H,1,6H2. The normalized spacial score (nSPS) is 9.93. The fraction of sp³-hybridized carbons (Fsp3) is 0.182. The number of rotatable bonds is 3. The number of nitrogens with zero attached hydrogens (tertiary/aromatic N) is 1. The number of hydrogen-bond donors (Lipinski definition) is 0. The first-order valence-electron chi connectivity index (χ1n) is 4.37. The maximum atomic E-state index is 8.33. The number of ether oxygens (including phenoxy) is 1. The quantitative estimate of drug-likeness (QED) is 0.694. The summed E-state index contributed by atoms with van der Waals surface area (Å²) in [7, 11) is 0. The smallest absolute Gasteiger partial charge is 0.137 e. The summed E-state index contributed by atoms with van der Waals surface area (Å²) in [6.45, 7) is 0.419. The molecule has 3 nitrogen and oxygen atoms in total. The van der Waals surface area contributed by atoms with Crippen LogP contribution in [0, 0.1) is 11.3 Å². The second kappa shape index (κ2) is 3.84. The average molecular weight is 187 g/mol. The van der Waals surface area contributed by atoms with Gasteiger partial charge in [-0.05, 0) is 18.2 Å². The van der Waals surface area contributed by atoms with Gasteiger partial charge in [0.1, 0.15) is 17.9 Å². The second-order valence-electron chi connectivity index (χ2n) is 2.88. The van der Waals surface area contributed by atoms with Gasteiger partial charge < -0.3 is 9.15 Å². The highest BCUT2D eigenvalue weighted by atomic mass is 16.5. The molecule has 3 heteroatoms. The van der Waals surface area contributed by atoms with E-state index in [1.807, 2.05) is 30.3 Å². The van der Waals surface area contributed by atoms with Crippen molar-refractivity contribution < 1.29 is 9.15 Å². The van der Waals surface area contributed by atoms with E-state index in [4.69, 9.17) is 14.4 Å². The van der Waals surface area contributed by atoms with E-state index in [0.717, 1.165) is 16.7 Å². The van der Waals surface area contributed by atoms with Crippen molar-refractivity contribution in [1.82, 2.24) is 0 Å². The molecule has 0 aliphatic rings. The molecule has 0 fully saturated rings. The molecule has 1 heterocycles. The van der Waals surface area contributed by atoms with Gasteiger partial charge in [-0.15, -0.1) is 0 Å². The summed E-state index contributed by atoms with van der Waals surface area (Å²) < 4.78 is 10.6. The molecule has 0 saturated heterocycles. The maximum Gasteiger partial charge on any atom is 0.137 e. The molecule has 2 aromatic rings. The molecule has 1 aromatic heterocycles. The molecular weight excluding hydrogens is 178 g/mol. The van der Waals surface area contributed by atoms with Crippen molar-refractivity contribution in [2.45, 2.75) is 6.42 Å². The third-order valence-corrected chi connectivity index (χ3v) is 1.91. The number of nitriles is 1. The maximum absolute atomic E-state index is 8.33. The van der Waals surface area contributed by atoms with Crippen LogP contribution in [-0.4, -0.2) is 6.61 Å². The second-order valence-corrected chi connectivity index (χ2v) is 2.88. The van der Waals surface area contributed by atoms with Crippen molar-refractivity contribution in [2.24, 2.45) is 0 Å². The molecule has 14 heavy (non-hydrogen) atoms. The van der Waals surface area contributed by atoms with Crippen LogP contribution in [0.4, 0.5) is 0 Å². The lowest BCUT2D eigenvalue weighted by molar-refractivity contribution is 0.326. The summed E-state index contributed by atoms with van der Waals surface area (Å²) in [6.07, 6.45) is 2.04. The summed E-state index contributed by atoms with van der Waals surface area (Å²) in [5.74, 6) is 0.739. The van der Waals surface area contributed by atoms with Gasteiger partial charge in [0.25, 0.3) is 0 Å². The SMILES string of the molecule is N#CCCOc1ccc2ccoc2c1. The molecule has 2 rings (SSSR count). The van der Waals surface area contributed by atoms with Crippen LogP contribution in [0.15, 0.2) is 34.9 Å². The minimum Gasteiger partial charge on any atom is -0.492 e. The molecule has 0 aliphatic carbocycles. The molecule has 0 aliphatic heterocycles. The Kier molecular flexibility index (Phi) is 2.37. The van der Waals surface area contributed by atoms with Crippen LogP contribution in [0.3, 0.4) is 0 Å². The molecule has 0 bridgehead atoms. The third kappa shape index (κ3) is 1.69. The minimum absolute atomic E-state index is 0.399. The molecule has 0 atom stereocenters. The Hall–Kier alpha value is -1.95. The molecule has 1 aromatic carbocycles. The van der Waals surface area contributed by atoms with Gasteiger partial charge in [-0.2, -0.15) is 5.26 Å². The van der Waals surface area contributed by atoms with Crippen molar-refractivity contribution in [3.05, 3.63) is 30.5 Å². The van der Waals surface area contributed by atoms with Crippen molar-refractivity contribution in [2.75, 3.05) is 6.61 Å². The monoisotopic (exact) mass is 187 g/mol. The minimum atomic E-state index is 0.399. The first-order chi connectivity index (χ1) is 6.90. The predicted octanol–water partition coefficient (Wildman–Crippen LogP) is 2.73. The zero-order valence-electron chi connectivity index (χ0n) is 7.56. The van der Waals surface area contributed by atoms with Gasteiger partial charge in [-0.25, -0.2) is 0 Å². The Morgan fingerprint density at radius 2 is 2.29 bits per heavy atom. The van der Waals surface area contributed by atoms with Crippen LogP contribution in [0.2, 0.25) is 0 Å². The molecule has 0 radical (unpaired) electrons. The van der Waals surface area contributed by atoms with Gasteiger partial charge in [0.15, 0.2) is 0 Å². The van der Waals surface area contributed by atoms with Crippen LogP contribution in [-0.2, 0) is 0 Å². The van der Waals surface area contributed by atoms with Gasteiger partial charge >= 0.3 is 0 Å². The molecule has 0 saturated carbocycles. The molecule has 0 amide bonds. The highest BCUT2D eigenvalue weighted by Gasteiger charge is 1.99. The molecule has 0 spiro atoms. The van der Waals surface area contributed by atoms with E-state index in [0.29, 0.717) is 13.0 Å². The summed E-state index contributed by atoms with van der Waals surface area (Å²) >= 11 is 0. The summed E-state index contributed by atoms with van der Waals surface area (Å²) in [5, 5.41) is 9.39. The van der Waals surface area contributed by atoms with Crippen LogP contribution < -0.4 is 4.74 Å². The Balaban J connectivity index is 2.14. The summed E-state index contributed by atoms with van der Waals surface area (Å²) in [4.78, 5) is 0.